The number of aliphatic carboxylic acids is 1. The Balaban J connectivity index is 2.15. The van der Waals surface area contributed by atoms with E-state index in [9.17, 15) is 22.8 Å². The molecule has 0 fully saturated rings. The van der Waals surface area contributed by atoms with Gasteiger partial charge in [0.2, 0.25) is 0 Å². The van der Waals surface area contributed by atoms with Crippen molar-refractivity contribution >= 4 is 28.5 Å². The lowest BCUT2D eigenvalue weighted by atomic mass is 10.1. The Kier molecular flexibility index (Phi) is 5.54. The van der Waals surface area contributed by atoms with Crippen LogP contribution in [0.2, 0.25) is 5.02 Å². The summed E-state index contributed by atoms with van der Waals surface area (Å²) in [5, 5.41) is 9.20. The van der Waals surface area contributed by atoms with Gasteiger partial charge in [0.25, 0.3) is 0 Å². The molecule has 0 aliphatic heterocycles. The van der Waals surface area contributed by atoms with Crippen molar-refractivity contribution in [3.05, 3.63) is 63.3 Å². The lowest BCUT2D eigenvalue weighted by Crippen LogP contribution is -2.36. The molecule has 29 heavy (non-hydrogen) atoms. The van der Waals surface area contributed by atoms with Crippen molar-refractivity contribution in [1.29, 1.82) is 0 Å². The summed E-state index contributed by atoms with van der Waals surface area (Å²) in [6, 6.07) is 6.70. The summed E-state index contributed by atoms with van der Waals surface area (Å²) < 4.78 is 50.1. The van der Waals surface area contributed by atoms with E-state index in [4.69, 9.17) is 31.6 Å². The van der Waals surface area contributed by atoms with E-state index < -0.39 is 35.8 Å². The molecule has 6 nitrogen and oxygen atoms in total. The molecule has 0 saturated carbocycles. The highest BCUT2D eigenvalue weighted by Gasteiger charge is 2.32. The molecule has 1 aromatic heterocycles. The maximum atomic E-state index is 13.1. The molecule has 152 valence electrons. The zero-order chi connectivity index (χ0) is 21.3. The van der Waals surface area contributed by atoms with Crippen LogP contribution in [-0.2, 0) is 11.0 Å². The fourth-order valence-electron chi connectivity index (χ4n) is 2.55. The molecule has 0 radical (unpaired) electrons. The third-order valence-electron chi connectivity index (χ3n) is 4.02. The minimum Gasteiger partial charge on any atom is -0.491 e. The summed E-state index contributed by atoms with van der Waals surface area (Å²) >= 11 is 6.06. The molecule has 10 heteroatoms. The van der Waals surface area contributed by atoms with Crippen LogP contribution >= 0.6 is 11.6 Å². The summed E-state index contributed by atoms with van der Waals surface area (Å²) in [6.07, 6.45) is -4.67. The molecule has 1 unspecified atom stereocenters. The van der Waals surface area contributed by atoms with Gasteiger partial charge in [0.05, 0.1) is 21.5 Å². The van der Waals surface area contributed by atoms with Crippen molar-refractivity contribution in [3.8, 4) is 17.1 Å². The van der Waals surface area contributed by atoms with Crippen LogP contribution in [0.5, 0.6) is 5.75 Å². The first-order chi connectivity index (χ1) is 13.6. The van der Waals surface area contributed by atoms with Crippen LogP contribution in [0.1, 0.15) is 5.56 Å². The third-order valence-corrected chi connectivity index (χ3v) is 4.31. The van der Waals surface area contributed by atoms with Gasteiger partial charge in [0.1, 0.15) is 24.2 Å². The number of carbonyl (C=O) groups is 1. The molecule has 3 N–H and O–H groups in total. The number of benzene rings is 2. The Bertz CT molecular complexity index is 1140. The molecular weight excluding hydrogens is 415 g/mol. The second-order valence-electron chi connectivity index (χ2n) is 6.06. The standard InChI is InChI=1S/C19H13ClF3NO5/c20-12-3-1-2-10-14(25)7-16(29-17(10)12)11-5-4-9(19(21,22)23)6-15(11)28-8-13(24)18(26)27/h1-7,13H,8,24H2,(H,26,27). The normalized spacial score (nSPS) is 12.7. The first-order valence-corrected chi connectivity index (χ1v) is 8.51. The number of para-hydroxylation sites is 1. The summed E-state index contributed by atoms with van der Waals surface area (Å²) in [5.41, 5.74) is 3.94. The Labute approximate surface area is 166 Å². The number of hydrogen-bond acceptors (Lipinski definition) is 5. The summed E-state index contributed by atoms with van der Waals surface area (Å²) in [5.74, 6) is -1.82. The Morgan fingerprint density at radius 3 is 2.62 bits per heavy atom. The maximum absolute atomic E-state index is 13.1. The smallest absolute Gasteiger partial charge is 0.416 e. The average molecular weight is 428 g/mol. The molecular formula is C19H13ClF3NO5. The molecule has 0 aliphatic rings. The van der Waals surface area contributed by atoms with Crippen LogP contribution in [0.15, 0.2) is 51.7 Å². The highest BCUT2D eigenvalue weighted by atomic mass is 35.5. The first kappa shape index (κ1) is 20.7. The molecule has 3 aromatic rings. The second-order valence-corrected chi connectivity index (χ2v) is 6.46. The zero-order valence-corrected chi connectivity index (χ0v) is 15.3. The minimum atomic E-state index is -4.67. The van der Waals surface area contributed by atoms with Crippen molar-refractivity contribution in [2.45, 2.75) is 12.2 Å². The molecule has 0 amide bonds. The van der Waals surface area contributed by atoms with Crippen LogP contribution in [0, 0.1) is 0 Å². The number of carboxylic acid groups (broad SMARTS) is 1. The van der Waals surface area contributed by atoms with E-state index in [0.29, 0.717) is 6.07 Å². The molecule has 1 atom stereocenters. The summed E-state index contributed by atoms with van der Waals surface area (Å²) in [6.45, 7) is -0.595. The predicted molar refractivity (Wildman–Crippen MR) is 99.0 cm³/mol. The second kappa shape index (κ2) is 7.76. The minimum absolute atomic E-state index is 0.00880. The van der Waals surface area contributed by atoms with Gasteiger partial charge in [-0.1, -0.05) is 17.7 Å². The van der Waals surface area contributed by atoms with E-state index in [1.165, 1.54) is 12.1 Å². The summed E-state index contributed by atoms with van der Waals surface area (Å²) in [7, 11) is 0. The Hall–Kier alpha value is -3.04. The topological polar surface area (TPSA) is 103 Å². The predicted octanol–water partition coefficient (Wildman–Crippen LogP) is 3.92. The lowest BCUT2D eigenvalue weighted by molar-refractivity contribution is -0.140. The number of rotatable bonds is 5. The number of nitrogens with two attached hydrogens (primary N) is 1. The maximum Gasteiger partial charge on any atom is 0.416 e. The quantitative estimate of drug-likeness (QED) is 0.639. The molecule has 0 spiro atoms. The molecule has 1 heterocycles. The van der Waals surface area contributed by atoms with E-state index in [-0.39, 0.29) is 33.1 Å². The van der Waals surface area contributed by atoms with Crippen molar-refractivity contribution in [3.63, 3.8) is 0 Å². The van der Waals surface area contributed by atoms with Gasteiger partial charge < -0.3 is 20.0 Å². The van der Waals surface area contributed by atoms with E-state index in [1.54, 1.807) is 6.07 Å². The van der Waals surface area contributed by atoms with Crippen molar-refractivity contribution in [1.82, 2.24) is 0 Å². The monoisotopic (exact) mass is 427 g/mol. The molecule has 0 saturated heterocycles. The van der Waals surface area contributed by atoms with Gasteiger partial charge in [0, 0.05) is 6.07 Å². The van der Waals surface area contributed by atoms with E-state index in [2.05, 4.69) is 0 Å². The van der Waals surface area contributed by atoms with Gasteiger partial charge >= 0.3 is 12.1 Å². The highest BCUT2D eigenvalue weighted by Crippen LogP contribution is 2.38. The van der Waals surface area contributed by atoms with E-state index in [0.717, 1.165) is 18.2 Å². The zero-order valence-electron chi connectivity index (χ0n) is 14.5. The SMILES string of the molecule is NC(COc1cc(C(F)(F)F)ccc1-c1cc(=O)c2cccc(Cl)c2o1)C(=O)O. The summed E-state index contributed by atoms with van der Waals surface area (Å²) in [4.78, 5) is 23.3. The van der Waals surface area contributed by atoms with Crippen molar-refractivity contribution < 1.29 is 32.2 Å². The van der Waals surface area contributed by atoms with Crippen molar-refractivity contribution in [2.24, 2.45) is 5.73 Å². The number of carboxylic acids is 1. The fraction of sp³-hybridized carbons (Fsp3) is 0.158. The van der Waals surface area contributed by atoms with Gasteiger partial charge in [-0.05, 0) is 30.3 Å². The highest BCUT2D eigenvalue weighted by molar-refractivity contribution is 6.34. The Morgan fingerprint density at radius 1 is 1.24 bits per heavy atom. The van der Waals surface area contributed by atoms with Gasteiger partial charge in [-0.3, -0.25) is 9.59 Å². The molecule has 2 aromatic carbocycles. The number of halogens is 4. The van der Waals surface area contributed by atoms with Gasteiger partial charge in [-0.2, -0.15) is 13.2 Å². The fourth-order valence-corrected chi connectivity index (χ4v) is 2.76. The lowest BCUT2D eigenvalue weighted by Gasteiger charge is -2.16. The van der Waals surface area contributed by atoms with Crippen LogP contribution in [0.3, 0.4) is 0 Å². The van der Waals surface area contributed by atoms with Crippen molar-refractivity contribution in [2.75, 3.05) is 6.61 Å². The molecule has 3 rings (SSSR count). The largest absolute Gasteiger partial charge is 0.491 e. The Morgan fingerprint density at radius 2 is 1.97 bits per heavy atom. The number of fused-ring (bicyclic) bond motifs is 1. The first-order valence-electron chi connectivity index (χ1n) is 8.13. The van der Waals surface area contributed by atoms with Crippen LogP contribution in [0.4, 0.5) is 13.2 Å². The van der Waals surface area contributed by atoms with E-state index in [1.807, 2.05) is 0 Å². The van der Waals surface area contributed by atoms with Gasteiger partial charge in [0.15, 0.2) is 11.0 Å². The number of hydrogen-bond donors (Lipinski definition) is 2. The number of ether oxygens (including phenoxy) is 1. The number of alkyl halides is 3. The third kappa shape index (κ3) is 4.36. The average Bonchev–Trinajstić information content (AvgIpc) is 2.65. The van der Waals surface area contributed by atoms with Gasteiger partial charge in [-0.15, -0.1) is 0 Å². The van der Waals surface area contributed by atoms with Crippen LogP contribution in [0.25, 0.3) is 22.3 Å². The van der Waals surface area contributed by atoms with Crippen LogP contribution in [-0.4, -0.2) is 23.7 Å². The van der Waals surface area contributed by atoms with Gasteiger partial charge in [-0.25, -0.2) is 0 Å². The van der Waals surface area contributed by atoms with Crippen LogP contribution < -0.4 is 15.9 Å². The molecule has 0 aliphatic carbocycles. The molecule has 0 bridgehead atoms. The van der Waals surface area contributed by atoms with E-state index >= 15 is 0 Å².